The first-order chi connectivity index (χ1) is 10.2. The predicted octanol–water partition coefficient (Wildman–Crippen LogP) is 2.62. The lowest BCUT2D eigenvalue weighted by Gasteiger charge is -2.21. The molecule has 1 amide bonds. The molecular weight excluding hydrogens is 280 g/mol. The van der Waals surface area contributed by atoms with Gasteiger partial charge in [0.05, 0.1) is 5.25 Å². The van der Waals surface area contributed by atoms with Crippen molar-refractivity contribution in [2.24, 2.45) is 0 Å². The Balaban J connectivity index is 1.84. The fourth-order valence-electron chi connectivity index (χ4n) is 2.12. The summed E-state index contributed by atoms with van der Waals surface area (Å²) in [5, 5.41) is -0.305. The number of hydrogen-bond acceptors (Lipinski definition) is 3. The van der Waals surface area contributed by atoms with Crippen LogP contribution in [-0.2, 0) is 17.6 Å². The average Bonchev–Trinajstić information content (AvgIpc) is 2.53. The first-order valence-electron chi connectivity index (χ1n) is 7.03. The molecule has 1 heterocycles. The highest BCUT2D eigenvalue weighted by Crippen LogP contribution is 2.10. The van der Waals surface area contributed by atoms with E-state index < -0.39 is 0 Å². The van der Waals surface area contributed by atoms with E-state index in [-0.39, 0.29) is 11.2 Å². The number of benzene rings is 1. The van der Waals surface area contributed by atoms with Gasteiger partial charge in [0.25, 0.3) is 0 Å². The molecule has 0 aliphatic carbocycles. The van der Waals surface area contributed by atoms with E-state index in [1.165, 1.54) is 0 Å². The second-order valence-corrected chi connectivity index (χ2v) is 5.66. The van der Waals surface area contributed by atoms with Crippen LogP contribution in [0.3, 0.4) is 0 Å². The van der Waals surface area contributed by atoms with Gasteiger partial charge in [-0.3, -0.25) is 9.78 Å². The van der Waals surface area contributed by atoms with Crippen LogP contribution in [0, 0.1) is 0 Å². The third-order valence-corrected chi connectivity index (χ3v) is 3.77. The van der Waals surface area contributed by atoms with E-state index in [2.05, 4.69) is 17.6 Å². The fraction of sp³-hybridized carbons (Fsp3) is 0.294. The summed E-state index contributed by atoms with van der Waals surface area (Å²) in [4.78, 5) is 18.3. The van der Waals surface area contributed by atoms with Crippen LogP contribution in [0.1, 0.15) is 11.3 Å². The number of carbonyl (C=O) groups is 1. The van der Waals surface area contributed by atoms with Crippen LogP contribution >= 0.6 is 12.6 Å². The zero-order chi connectivity index (χ0) is 15.1. The summed E-state index contributed by atoms with van der Waals surface area (Å²) in [6, 6.07) is 15.8. The van der Waals surface area contributed by atoms with Crippen LogP contribution in [0.25, 0.3) is 0 Å². The summed E-state index contributed by atoms with van der Waals surface area (Å²) in [5.41, 5.74) is 2.12. The van der Waals surface area contributed by atoms with Gasteiger partial charge >= 0.3 is 0 Å². The van der Waals surface area contributed by atoms with Crippen LogP contribution in [0.4, 0.5) is 0 Å². The Hall–Kier alpha value is -1.81. The normalized spacial score (nSPS) is 11.9. The number of rotatable bonds is 6. The van der Waals surface area contributed by atoms with Gasteiger partial charge in [-0.2, -0.15) is 12.6 Å². The molecule has 0 N–H and O–H groups in total. The second kappa shape index (κ2) is 7.84. The number of pyridine rings is 1. The minimum absolute atomic E-state index is 0.0538. The molecule has 0 spiro atoms. The van der Waals surface area contributed by atoms with Crippen LogP contribution in [-0.4, -0.2) is 34.6 Å². The Morgan fingerprint density at radius 1 is 1.19 bits per heavy atom. The summed E-state index contributed by atoms with van der Waals surface area (Å²) in [6.07, 6.45) is 3.18. The average molecular weight is 300 g/mol. The summed E-state index contributed by atoms with van der Waals surface area (Å²) < 4.78 is 0. The number of amides is 1. The number of thiol groups is 1. The molecule has 4 heteroatoms. The van der Waals surface area contributed by atoms with Crippen molar-refractivity contribution in [2.45, 2.75) is 18.1 Å². The molecule has 0 saturated heterocycles. The van der Waals surface area contributed by atoms with Gasteiger partial charge in [-0.05, 0) is 24.1 Å². The highest BCUT2D eigenvalue weighted by atomic mass is 32.1. The molecule has 1 aromatic heterocycles. The topological polar surface area (TPSA) is 33.2 Å². The zero-order valence-electron chi connectivity index (χ0n) is 12.1. The molecule has 3 nitrogen and oxygen atoms in total. The van der Waals surface area contributed by atoms with Gasteiger partial charge < -0.3 is 4.90 Å². The van der Waals surface area contributed by atoms with Crippen LogP contribution in [0.5, 0.6) is 0 Å². The molecule has 0 aliphatic rings. The summed E-state index contributed by atoms with van der Waals surface area (Å²) in [5.74, 6) is 0.0538. The third-order valence-electron chi connectivity index (χ3n) is 3.36. The van der Waals surface area contributed by atoms with E-state index in [0.29, 0.717) is 13.0 Å². The van der Waals surface area contributed by atoms with E-state index in [1.807, 2.05) is 55.6 Å². The molecule has 0 bridgehead atoms. The summed E-state index contributed by atoms with van der Waals surface area (Å²) in [6.45, 7) is 0.654. The molecular formula is C17H20N2OS. The fourth-order valence-corrected chi connectivity index (χ4v) is 2.53. The minimum atomic E-state index is -0.305. The maximum atomic E-state index is 12.3. The maximum absolute atomic E-state index is 12.3. The molecule has 1 unspecified atom stereocenters. The number of likely N-dealkylation sites (N-methyl/N-ethyl adjacent to an activating group) is 1. The lowest BCUT2D eigenvalue weighted by atomic mass is 10.1. The van der Waals surface area contributed by atoms with Gasteiger partial charge in [-0.25, -0.2) is 0 Å². The van der Waals surface area contributed by atoms with Crippen molar-refractivity contribution in [3.05, 3.63) is 66.0 Å². The quantitative estimate of drug-likeness (QED) is 0.832. The zero-order valence-corrected chi connectivity index (χ0v) is 13.0. The van der Waals surface area contributed by atoms with Gasteiger partial charge in [0.2, 0.25) is 5.91 Å². The largest absolute Gasteiger partial charge is 0.344 e. The molecule has 0 saturated carbocycles. The van der Waals surface area contributed by atoms with Crippen molar-refractivity contribution in [1.82, 2.24) is 9.88 Å². The molecule has 0 radical (unpaired) electrons. The van der Waals surface area contributed by atoms with Crippen LogP contribution < -0.4 is 0 Å². The van der Waals surface area contributed by atoms with Gasteiger partial charge in [-0.1, -0.05) is 36.4 Å². The Morgan fingerprint density at radius 2 is 1.90 bits per heavy atom. The standard InChI is InChI=1S/C17H20N2OS/c1-19(12-10-15-9-5-6-11-18-15)17(20)16(21)13-14-7-3-2-4-8-14/h2-9,11,16,21H,10,12-13H2,1H3. The molecule has 0 fully saturated rings. The van der Waals surface area contributed by atoms with Crippen molar-refractivity contribution >= 4 is 18.5 Å². The van der Waals surface area contributed by atoms with E-state index in [9.17, 15) is 4.79 Å². The van der Waals surface area contributed by atoms with Crippen molar-refractivity contribution in [1.29, 1.82) is 0 Å². The van der Waals surface area contributed by atoms with E-state index in [4.69, 9.17) is 0 Å². The first kappa shape index (κ1) is 15.6. The van der Waals surface area contributed by atoms with Crippen molar-refractivity contribution in [3.8, 4) is 0 Å². The van der Waals surface area contributed by atoms with E-state index in [1.54, 1.807) is 11.1 Å². The lowest BCUT2D eigenvalue weighted by Crippen LogP contribution is -2.36. The summed E-state index contributed by atoms with van der Waals surface area (Å²) in [7, 11) is 1.82. The van der Waals surface area contributed by atoms with Crippen LogP contribution in [0.15, 0.2) is 54.7 Å². The van der Waals surface area contributed by atoms with Gasteiger partial charge in [0, 0.05) is 31.9 Å². The van der Waals surface area contributed by atoms with E-state index >= 15 is 0 Å². The van der Waals surface area contributed by atoms with Crippen molar-refractivity contribution in [3.63, 3.8) is 0 Å². The molecule has 1 aromatic carbocycles. The highest BCUT2D eigenvalue weighted by molar-refractivity contribution is 7.81. The smallest absolute Gasteiger partial charge is 0.235 e. The first-order valence-corrected chi connectivity index (χ1v) is 7.55. The van der Waals surface area contributed by atoms with Gasteiger partial charge in [-0.15, -0.1) is 0 Å². The molecule has 1 atom stereocenters. The molecule has 2 rings (SSSR count). The monoisotopic (exact) mass is 300 g/mol. The van der Waals surface area contributed by atoms with Crippen LogP contribution in [0.2, 0.25) is 0 Å². The third kappa shape index (κ3) is 4.90. The Bertz CT molecular complexity index is 560. The molecule has 0 aliphatic heterocycles. The molecule has 110 valence electrons. The number of aromatic nitrogens is 1. The number of carbonyl (C=O) groups excluding carboxylic acids is 1. The Labute approximate surface area is 131 Å². The Morgan fingerprint density at radius 3 is 2.57 bits per heavy atom. The summed E-state index contributed by atoms with van der Waals surface area (Å²) >= 11 is 4.45. The second-order valence-electron chi connectivity index (χ2n) is 5.04. The Kier molecular flexibility index (Phi) is 5.81. The number of nitrogens with zero attached hydrogens (tertiary/aromatic N) is 2. The number of hydrogen-bond donors (Lipinski definition) is 1. The highest BCUT2D eigenvalue weighted by Gasteiger charge is 2.18. The van der Waals surface area contributed by atoms with Gasteiger partial charge in [0.1, 0.15) is 0 Å². The molecule has 2 aromatic rings. The maximum Gasteiger partial charge on any atom is 0.235 e. The van der Waals surface area contributed by atoms with Gasteiger partial charge in [0.15, 0.2) is 0 Å². The SMILES string of the molecule is CN(CCc1ccccn1)C(=O)C(S)Cc1ccccc1. The van der Waals surface area contributed by atoms with Crippen molar-refractivity contribution in [2.75, 3.05) is 13.6 Å². The minimum Gasteiger partial charge on any atom is -0.344 e. The van der Waals surface area contributed by atoms with Crippen molar-refractivity contribution < 1.29 is 4.79 Å². The molecule has 21 heavy (non-hydrogen) atoms. The predicted molar refractivity (Wildman–Crippen MR) is 88.5 cm³/mol. The van der Waals surface area contributed by atoms with E-state index in [0.717, 1.165) is 17.7 Å². The lowest BCUT2D eigenvalue weighted by molar-refractivity contribution is -0.129.